The molecule has 2 rings (SSSR count). The molecule has 1 heterocycles. The molecule has 0 spiro atoms. The lowest BCUT2D eigenvalue weighted by Crippen LogP contribution is -2.52. The van der Waals surface area contributed by atoms with E-state index in [9.17, 15) is 14.3 Å². The molecule has 5 nitrogen and oxygen atoms in total. The van der Waals surface area contributed by atoms with Crippen molar-refractivity contribution < 1.29 is 14.3 Å². The number of primary amides is 1. The van der Waals surface area contributed by atoms with Crippen LogP contribution in [0.25, 0.3) is 0 Å². The Kier molecular flexibility index (Phi) is 3.85. The lowest BCUT2D eigenvalue weighted by molar-refractivity contribution is -0.124. The van der Waals surface area contributed by atoms with E-state index < -0.39 is 23.4 Å². The van der Waals surface area contributed by atoms with E-state index in [-0.39, 0.29) is 5.69 Å². The second-order valence-electron chi connectivity index (χ2n) is 4.07. The monoisotopic (exact) mass is 375 g/mol. The van der Waals surface area contributed by atoms with Crippen molar-refractivity contribution in [1.82, 2.24) is 0 Å². The molecule has 0 bridgehead atoms. The van der Waals surface area contributed by atoms with E-state index in [2.05, 4.69) is 10.3 Å². The molecule has 0 saturated carbocycles. The minimum atomic E-state index is -1.84. The largest absolute Gasteiger partial charge is 0.369 e. The van der Waals surface area contributed by atoms with E-state index >= 15 is 0 Å². The summed E-state index contributed by atoms with van der Waals surface area (Å²) in [4.78, 5) is 15.1. The Bertz CT molecular complexity index is 576. The van der Waals surface area contributed by atoms with E-state index in [0.29, 0.717) is 0 Å². The summed E-state index contributed by atoms with van der Waals surface area (Å²) >= 11 is 1.97. The van der Waals surface area contributed by atoms with Crippen molar-refractivity contribution in [3.63, 3.8) is 0 Å². The average molecular weight is 375 g/mol. The van der Waals surface area contributed by atoms with Gasteiger partial charge in [0.15, 0.2) is 5.72 Å². The van der Waals surface area contributed by atoms with Crippen molar-refractivity contribution >= 4 is 40.4 Å². The average Bonchev–Trinajstić information content (AvgIpc) is 2.33. The van der Waals surface area contributed by atoms with Crippen molar-refractivity contribution in [3.8, 4) is 0 Å². The highest BCUT2D eigenvalue weighted by Crippen LogP contribution is 2.26. The number of nitrogens with two attached hydrogens (primary N) is 1. The zero-order valence-corrected chi connectivity index (χ0v) is 11.8. The summed E-state index contributed by atoms with van der Waals surface area (Å²) < 4.78 is 14.5. The second kappa shape index (κ2) is 5.25. The van der Waals surface area contributed by atoms with Crippen LogP contribution in [0.15, 0.2) is 35.5 Å². The summed E-state index contributed by atoms with van der Waals surface area (Å²) in [5.74, 6) is -2.29. The molecule has 1 aliphatic rings. The van der Waals surface area contributed by atoms with Gasteiger partial charge in [0.05, 0.1) is 11.9 Å². The van der Waals surface area contributed by atoms with Crippen LogP contribution in [0.3, 0.4) is 0 Å². The number of nitrogens with zero attached hydrogens (tertiary/aromatic N) is 1. The van der Waals surface area contributed by atoms with Gasteiger partial charge >= 0.3 is 0 Å². The van der Waals surface area contributed by atoms with E-state index in [4.69, 9.17) is 5.73 Å². The number of halogens is 2. The van der Waals surface area contributed by atoms with Crippen LogP contribution in [0.2, 0.25) is 0 Å². The maximum atomic E-state index is 13.7. The third-order valence-corrected chi connectivity index (χ3v) is 3.35. The molecule has 100 valence electrons. The van der Waals surface area contributed by atoms with E-state index in [1.807, 2.05) is 22.6 Å². The third kappa shape index (κ3) is 2.92. The van der Waals surface area contributed by atoms with Gasteiger partial charge in [0.25, 0.3) is 0 Å². The first-order valence-corrected chi connectivity index (χ1v) is 6.46. The van der Waals surface area contributed by atoms with Crippen LogP contribution in [0.1, 0.15) is 0 Å². The molecule has 19 heavy (non-hydrogen) atoms. The zero-order valence-electron chi connectivity index (χ0n) is 9.68. The fourth-order valence-corrected chi connectivity index (χ4v) is 2.20. The first-order valence-electron chi connectivity index (χ1n) is 5.38. The van der Waals surface area contributed by atoms with Gasteiger partial charge in [-0.25, -0.2) is 4.39 Å². The fourth-order valence-electron chi connectivity index (χ4n) is 1.75. The lowest BCUT2D eigenvalue weighted by Gasteiger charge is -2.32. The zero-order chi connectivity index (χ0) is 14.0. The Labute approximate surface area is 122 Å². The van der Waals surface area contributed by atoms with Crippen molar-refractivity contribution in [3.05, 3.63) is 39.9 Å². The molecule has 2 unspecified atom stereocenters. The molecule has 0 aliphatic carbocycles. The van der Waals surface area contributed by atoms with E-state index in [0.717, 1.165) is 9.78 Å². The Morgan fingerprint density at radius 1 is 1.58 bits per heavy atom. The van der Waals surface area contributed by atoms with Gasteiger partial charge in [-0.2, -0.15) is 0 Å². The van der Waals surface area contributed by atoms with Crippen molar-refractivity contribution in [1.29, 1.82) is 0 Å². The Morgan fingerprint density at radius 2 is 2.32 bits per heavy atom. The molecule has 0 radical (unpaired) electrons. The Balaban J connectivity index is 2.32. The summed E-state index contributed by atoms with van der Waals surface area (Å²) in [6, 6.07) is 4.45. The second-order valence-corrected chi connectivity index (χ2v) is 5.32. The molecule has 7 heteroatoms. The predicted molar refractivity (Wildman–Crippen MR) is 78.0 cm³/mol. The summed E-state index contributed by atoms with van der Waals surface area (Å²) in [5.41, 5.74) is 3.44. The van der Waals surface area contributed by atoms with Crippen molar-refractivity contribution in [2.24, 2.45) is 16.6 Å². The number of carbonyl (C=O) groups excluding carboxylic acids is 1. The first kappa shape index (κ1) is 13.9. The van der Waals surface area contributed by atoms with Gasteiger partial charge in [-0.15, -0.1) is 0 Å². The maximum absolute atomic E-state index is 13.7. The van der Waals surface area contributed by atoms with Crippen LogP contribution in [0, 0.1) is 15.3 Å². The third-order valence-electron chi connectivity index (χ3n) is 2.68. The molecule has 4 N–H and O–H groups in total. The molecule has 1 aliphatic heterocycles. The molecular formula is C12H11FIN3O2. The first-order chi connectivity index (χ1) is 8.92. The van der Waals surface area contributed by atoms with Gasteiger partial charge in [0.1, 0.15) is 11.7 Å². The van der Waals surface area contributed by atoms with Crippen LogP contribution < -0.4 is 11.1 Å². The molecular weight excluding hydrogens is 364 g/mol. The number of benzene rings is 1. The van der Waals surface area contributed by atoms with Crippen LogP contribution >= 0.6 is 22.6 Å². The van der Waals surface area contributed by atoms with E-state index in [1.54, 1.807) is 6.07 Å². The highest BCUT2D eigenvalue weighted by molar-refractivity contribution is 14.1. The number of aliphatic hydroxyl groups is 1. The number of hydrogen-bond acceptors (Lipinski definition) is 4. The number of aliphatic imine (C=N–C) groups is 1. The van der Waals surface area contributed by atoms with Gasteiger partial charge in [-0.05, 0) is 46.9 Å². The number of amides is 1. The van der Waals surface area contributed by atoms with Gasteiger partial charge in [0.2, 0.25) is 5.91 Å². The molecule has 0 saturated heterocycles. The quantitative estimate of drug-likeness (QED) is 0.549. The topological polar surface area (TPSA) is 87.7 Å². The fraction of sp³-hybridized carbons (Fsp3) is 0.167. The number of carbonyl (C=O) groups is 1. The maximum Gasteiger partial charge on any atom is 0.229 e. The summed E-state index contributed by atoms with van der Waals surface area (Å²) in [5, 5.41) is 12.9. The Hall–Kier alpha value is -1.48. The SMILES string of the molecule is NC(=O)C1C=CN=CC1(O)Nc1ccc(I)cc1F. The van der Waals surface area contributed by atoms with Gasteiger partial charge in [-0.3, -0.25) is 9.79 Å². The Morgan fingerprint density at radius 3 is 2.95 bits per heavy atom. The summed E-state index contributed by atoms with van der Waals surface area (Å²) in [6.07, 6.45) is 3.84. The standard InChI is InChI=1S/C12H11FIN3O2/c13-9-5-7(14)1-2-10(9)17-12(19)6-16-4-3-8(12)11(15)18/h1-6,8,17,19H,(H2,15,18). The van der Waals surface area contributed by atoms with Gasteiger partial charge in [0, 0.05) is 9.77 Å². The molecule has 0 fully saturated rings. The van der Waals surface area contributed by atoms with Crippen molar-refractivity contribution in [2.45, 2.75) is 5.72 Å². The normalized spacial score (nSPS) is 25.3. The van der Waals surface area contributed by atoms with Crippen molar-refractivity contribution in [2.75, 3.05) is 5.32 Å². The molecule has 2 atom stereocenters. The number of nitrogens with one attached hydrogen (secondary N) is 1. The van der Waals surface area contributed by atoms with E-state index in [1.165, 1.54) is 24.4 Å². The number of hydrogen-bond donors (Lipinski definition) is 3. The van der Waals surface area contributed by atoms with Gasteiger partial charge < -0.3 is 16.2 Å². The highest BCUT2D eigenvalue weighted by atomic mass is 127. The minimum Gasteiger partial charge on any atom is -0.369 e. The molecule has 0 aromatic heterocycles. The summed E-state index contributed by atoms with van der Waals surface area (Å²) in [6.45, 7) is 0. The van der Waals surface area contributed by atoms with Crippen LogP contribution in [0.4, 0.5) is 10.1 Å². The highest BCUT2D eigenvalue weighted by Gasteiger charge is 2.39. The molecule has 1 amide bonds. The lowest BCUT2D eigenvalue weighted by atomic mass is 9.93. The summed E-state index contributed by atoms with van der Waals surface area (Å²) in [7, 11) is 0. The van der Waals surface area contributed by atoms with Crippen LogP contribution in [-0.4, -0.2) is 23.0 Å². The molecule has 1 aromatic carbocycles. The van der Waals surface area contributed by atoms with Crippen LogP contribution in [0.5, 0.6) is 0 Å². The smallest absolute Gasteiger partial charge is 0.229 e. The minimum absolute atomic E-state index is 0.0657. The van der Waals surface area contributed by atoms with Gasteiger partial charge in [-0.1, -0.05) is 0 Å². The number of anilines is 1. The molecule has 1 aromatic rings. The predicted octanol–water partition coefficient (Wildman–Crippen LogP) is 1.23. The van der Waals surface area contributed by atoms with Crippen LogP contribution in [-0.2, 0) is 4.79 Å². The number of rotatable bonds is 3.